The second-order valence-electron chi connectivity index (χ2n) is 4.82. The predicted octanol–water partition coefficient (Wildman–Crippen LogP) is 3.53. The van der Waals surface area contributed by atoms with Crippen LogP contribution in [0.25, 0.3) is 11.0 Å². The van der Waals surface area contributed by atoms with Crippen molar-refractivity contribution in [2.24, 2.45) is 0 Å². The van der Waals surface area contributed by atoms with Gasteiger partial charge in [0.2, 0.25) is 0 Å². The normalized spacial score (nSPS) is 10.7. The van der Waals surface area contributed by atoms with E-state index in [1.165, 1.54) is 4.90 Å². The van der Waals surface area contributed by atoms with Crippen molar-refractivity contribution in [1.82, 2.24) is 4.90 Å². The third-order valence-corrected chi connectivity index (χ3v) is 3.88. The molecule has 1 aromatic carbocycles. The van der Waals surface area contributed by atoms with Gasteiger partial charge < -0.3 is 14.1 Å². The molecule has 6 heteroatoms. The first kappa shape index (κ1) is 16.5. The molecule has 1 aromatic heterocycles. The van der Waals surface area contributed by atoms with Crippen molar-refractivity contribution in [3.63, 3.8) is 0 Å². The summed E-state index contributed by atoms with van der Waals surface area (Å²) in [6, 6.07) is 5.58. The molecule has 2 aromatic rings. The highest BCUT2D eigenvalue weighted by Crippen LogP contribution is 2.28. The van der Waals surface area contributed by atoms with E-state index in [4.69, 9.17) is 9.15 Å². The van der Waals surface area contributed by atoms with Gasteiger partial charge in [-0.1, -0.05) is 15.9 Å². The summed E-state index contributed by atoms with van der Waals surface area (Å²) >= 11 is 3.41. The number of amides is 1. The third kappa shape index (κ3) is 3.32. The highest BCUT2D eigenvalue weighted by molar-refractivity contribution is 9.10. The number of ether oxygens (including phenoxy) is 1. The maximum atomic E-state index is 12.6. The molecule has 118 valence electrons. The first-order chi connectivity index (χ1) is 10.5. The third-order valence-electron chi connectivity index (χ3n) is 3.39. The molecule has 1 heterocycles. The van der Waals surface area contributed by atoms with Crippen molar-refractivity contribution >= 4 is 38.8 Å². The number of carbonyl (C=O) groups is 2. The molecule has 0 N–H and O–H groups in total. The molecule has 22 heavy (non-hydrogen) atoms. The molecule has 0 saturated heterocycles. The molecule has 2 rings (SSSR count). The molecule has 0 radical (unpaired) electrons. The van der Waals surface area contributed by atoms with Crippen LogP contribution in [-0.2, 0) is 9.53 Å². The number of aryl methyl sites for hydroxylation is 1. The minimum atomic E-state index is -0.422. The Labute approximate surface area is 137 Å². The van der Waals surface area contributed by atoms with E-state index in [2.05, 4.69) is 15.9 Å². The lowest BCUT2D eigenvalue weighted by molar-refractivity contribution is -0.143. The van der Waals surface area contributed by atoms with Gasteiger partial charge in [-0.2, -0.15) is 0 Å². The maximum absolute atomic E-state index is 12.6. The van der Waals surface area contributed by atoms with Crippen molar-refractivity contribution in [2.75, 3.05) is 19.7 Å². The maximum Gasteiger partial charge on any atom is 0.325 e. The standard InChI is InChI=1S/C16H18BrNO4/c1-4-18(9-14(19)21-5-2)16(20)15-10(3)12-8-11(17)6-7-13(12)22-15/h6-8H,4-5,9H2,1-3H3. The monoisotopic (exact) mass is 367 g/mol. The lowest BCUT2D eigenvalue weighted by atomic mass is 10.1. The van der Waals surface area contributed by atoms with E-state index in [9.17, 15) is 9.59 Å². The molecule has 0 atom stereocenters. The minimum Gasteiger partial charge on any atom is -0.465 e. The summed E-state index contributed by atoms with van der Waals surface area (Å²) in [5, 5.41) is 0.880. The van der Waals surface area contributed by atoms with Crippen LogP contribution >= 0.6 is 15.9 Å². The quantitative estimate of drug-likeness (QED) is 0.758. The Hall–Kier alpha value is -1.82. The highest BCUT2D eigenvalue weighted by Gasteiger charge is 2.24. The summed E-state index contributed by atoms with van der Waals surface area (Å²) in [6.45, 7) is 6.00. The van der Waals surface area contributed by atoms with Crippen molar-refractivity contribution in [2.45, 2.75) is 20.8 Å². The Morgan fingerprint density at radius 2 is 2.05 bits per heavy atom. The van der Waals surface area contributed by atoms with E-state index in [1.807, 2.05) is 32.0 Å². The van der Waals surface area contributed by atoms with Gasteiger partial charge >= 0.3 is 5.97 Å². The molecule has 5 nitrogen and oxygen atoms in total. The Morgan fingerprint density at radius 3 is 2.68 bits per heavy atom. The number of likely N-dealkylation sites (N-methyl/N-ethyl adjacent to an activating group) is 1. The largest absolute Gasteiger partial charge is 0.465 e. The zero-order valence-electron chi connectivity index (χ0n) is 12.8. The van der Waals surface area contributed by atoms with E-state index in [-0.39, 0.29) is 18.2 Å². The smallest absolute Gasteiger partial charge is 0.325 e. The zero-order chi connectivity index (χ0) is 16.3. The van der Waals surface area contributed by atoms with Crippen molar-refractivity contribution in [1.29, 1.82) is 0 Å². The molecule has 0 bridgehead atoms. The molecule has 0 unspecified atom stereocenters. The van der Waals surface area contributed by atoms with Gasteiger partial charge in [0.05, 0.1) is 6.61 Å². The van der Waals surface area contributed by atoms with Gasteiger partial charge in [-0.05, 0) is 39.0 Å². The number of carbonyl (C=O) groups excluding carboxylic acids is 2. The number of furan rings is 1. The first-order valence-electron chi connectivity index (χ1n) is 7.11. The number of nitrogens with zero attached hydrogens (tertiary/aromatic N) is 1. The number of benzene rings is 1. The van der Waals surface area contributed by atoms with E-state index < -0.39 is 5.97 Å². The van der Waals surface area contributed by atoms with Crippen LogP contribution in [0.4, 0.5) is 0 Å². The van der Waals surface area contributed by atoms with Gasteiger partial charge in [-0.15, -0.1) is 0 Å². The zero-order valence-corrected chi connectivity index (χ0v) is 14.4. The summed E-state index contributed by atoms with van der Waals surface area (Å²) in [5.74, 6) is -0.464. The SMILES string of the molecule is CCOC(=O)CN(CC)C(=O)c1oc2ccc(Br)cc2c1C. The Balaban J connectivity index is 2.31. The van der Waals surface area contributed by atoms with Crippen LogP contribution in [0.5, 0.6) is 0 Å². The summed E-state index contributed by atoms with van der Waals surface area (Å²) in [6.07, 6.45) is 0. The molecular weight excluding hydrogens is 350 g/mol. The number of esters is 1. The van der Waals surface area contributed by atoms with Crippen LogP contribution in [0, 0.1) is 6.92 Å². The fraction of sp³-hybridized carbons (Fsp3) is 0.375. The van der Waals surface area contributed by atoms with Gasteiger partial charge in [-0.25, -0.2) is 0 Å². The van der Waals surface area contributed by atoms with Crippen molar-refractivity contribution in [3.8, 4) is 0 Å². The molecule has 0 saturated carbocycles. The average molecular weight is 368 g/mol. The molecule has 0 aliphatic rings. The number of fused-ring (bicyclic) bond motifs is 1. The minimum absolute atomic E-state index is 0.0800. The summed E-state index contributed by atoms with van der Waals surface area (Å²) in [4.78, 5) is 25.6. The number of hydrogen-bond donors (Lipinski definition) is 0. The molecule has 0 fully saturated rings. The fourth-order valence-electron chi connectivity index (χ4n) is 2.23. The summed E-state index contributed by atoms with van der Waals surface area (Å²) in [7, 11) is 0. The van der Waals surface area contributed by atoms with E-state index >= 15 is 0 Å². The highest BCUT2D eigenvalue weighted by atomic mass is 79.9. The molecule has 1 amide bonds. The molecule has 0 aliphatic heterocycles. The Bertz CT molecular complexity index is 707. The van der Waals surface area contributed by atoms with Gasteiger partial charge in [0, 0.05) is 22.0 Å². The van der Waals surface area contributed by atoms with E-state index in [0.717, 1.165) is 15.4 Å². The molecular formula is C16H18BrNO4. The summed E-state index contributed by atoms with van der Waals surface area (Å²) in [5.41, 5.74) is 1.42. The van der Waals surface area contributed by atoms with Crippen LogP contribution in [0.2, 0.25) is 0 Å². The topological polar surface area (TPSA) is 59.8 Å². The molecule has 0 aliphatic carbocycles. The van der Waals surface area contributed by atoms with Crippen LogP contribution in [0.3, 0.4) is 0 Å². The number of hydrogen-bond acceptors (Lipinski definition) is 4. The Morgan fingerprint density at radius 1 is 1.32 bits per heavy atom. The van der Waals surface area contributed by atoms with Gasteiger partial charge in [0.1, 0.15) is 12.1 Å². The van der Waals surface area contributed by atoms with Crippen molar-refractivity contribution < 1.29 is 18.7 Å². The van der Waals surface area contributed by atoms with Crippen LogP contribution in [0.1, 0.15) is 30.0 Å². The predicted molar refractivity (Wildman–Crippen MR) is 86.9 cm³/mol. The van der Waals surface area contributed by atoms with E-state index in [1.54, 1.807) is 6.92 Å². The molecule has 0 spiro atoms. The van der Waals surface area contributed by atoms with E-state index in [0.29, 0.717) is 18.7 Å². The lowest BCUT2D eigenvalue weighted by Crippen LogP contribution is -2.36. The van der Waals surface area contributed by atoms with Crippen LogP contribution in [0.15, 0.2) is 27.1 Å². The number of rotatable bonds is 5. The van der Waals surface area contributed by atoms with Gasteiger partial charge in [-0.3, -0.25) is 9.59 Å². The Kier molecular flexibility index (Phi) is 5.24. The first-order valence-corrected chi connectivity index (χ1v) is 7.90. The second kappa shape index (κ2) is 6.96. The second-order valence-corrected chi connectivity index (χ2v) is 5.74. The summed E-state index contributed by atoms with van der Waals surface area (Å²) < 4.78 is 11.5. The fourth-order valence-corrected chi connectivity index (χ4v) is 2.59. The lowest BCUT2D eigenvalue weighted by Gasteiger charge is -2.18. The average Bonchev–Trinajstić information content (AvgIpc) is 2.81. The number of halogens is 1. The van der Waals surface area contributed by atoms with Gasteiger partial charge in [0.15, 0.2) is 5.76 Å². The van der Waals surface area contributed by atoms with Crippen LogP contribution < -0.4 is 0 Å². The van der Waals surface area contributed by atoms with Gasteiger partial charge in [0.25, 0.3) is 5.91 Å². The van der Waals surface area contributed by atoms with Crippen LogP contribution in [-0.4, -0.2) is 36.5 Å². The van der Waals surface area contributed by atoms with Crippen molar-refractivity contribution in [3.05, 3.63) is 34.0 Å².